The van der Waals surface area contributed by atoms with Crippen LogP contribution in [0.25, 0.3) is 11.1 Å². The van der Waals surface area contributed by atoms with Crippen LogP contribution in [0.1, 0.15) is 21.5 Å². The van der Waals surface area contributed by atoms with Gasteiger partial charge in [0.25, 0.3) is 0 Å². The molecule has 0 fully saturated rings. The van der Waals surface area contributed by atoms with Crippen molar-refractivity contribution in [1.82, 2.24) is 0 Å². The molecule has 0 heterocycles. The molecule has 0 N–H and O–H groups in total. The highest BCUT2D eigenvalue weighted by atomic mass is 32.2. The van der Waals surface area contributed by atoms with E-state index in [1.807, 2.05) is 54.6 Å². The van der Waals surface area contributed by atoms with E-state index in [0.717, 1.165) is 16.7 Å². The van der Waals surface area contributed by atoms with Crippen molar-refractivity contribution < 1.29 is 4.79 Å². The number of hydrogen-bond donors (Lipinski definition) is 0. The predicted molar refractivity (Wildman–Crippen MR) is 117 cm³/mol. The van der Waals surface area contributed by atoms with E-state index < -0.39 is 0 Å². The van der Waals surface area contributed by atoms with Gasteiger partial charge in [0.15, 0.2) is 5.78 Å². The second-order valence-corrected chi connectivity index (χ2v) is 7.75. The van der Waals surface area contributed by atoms with E-state index in [0.29, 0.717) is 5.56 Å². The Morgan fingerprint density at radius 1 is 0.679 bits per heavy atom. The van der Waals surface area contributed by atoms with Gasteiger partial charge in [0.05, 0.1) is 0 Å². The van der Waals surface area contributed by atoms with Crippen molar-refractivity contribution in [3.63, 3.8) is 0 Å². The standard InChI is InChI=1S/C26H20OS/c1-19-9-5-8-14-25(19)28-22-17-15-20(16-18-22)23-12-6-7-13-24(23)26(27)21-10-3-2-4-11-21/h2-18H,1H3. The smallest absolute Gasteiger partial charge is 0.193 e. The van der Waals surface area contributed by atoms with Crippen LogP contribution in [0.5, 0.6) is 0 Å². The lowest BCUT2D eigenvalue weighted by Crippen LogP contribution is -2.03. The molecule has 0 bridgehead atoms. The van der Waals surface area contributed by atoms with E-state index in [4.69, 9.17) is 0 Å². The van der Waals surface area contributed by atoms with Crippen LogP contribution in [0.4, 0.5) is 0 Å². The molecule has 0 amide bonds. The normalized spacial score (nSPS) is 10.6. The zero-order chi connectivity index (χ0) is 19.3. The molecular formula is C26H20OS. The summed E-state index contributed by atoms with van der Waals surface area (Å²) in [7, 11) is 0. The van der Waals surface area contributed by atoms with Gasteiger partial charge in [-0.3, -0.25) is 4.79 Å². The van der Waals surface area contributed by atoms with Crippen molar-refractivity contribution in [1.29, 1.82) is 0 Å². The fraction of sp³-hybridized carbons (Fsp3) is 0.0385. The minimum Gasteiger partial charge on any atom is -0.289 e. The van der Waals surface area contributed by atoms with Gasteiger partial charge in [0.1, 0.15) is 0 Å². The third-order valence-corrected chi connectivity index (χ3v) is 5.88. The zero-order valence-corrected chi connectivity index (χ0v) is 16.4. The molecule has 4 aromatic rings. The van der Waals surface area contributed by atoms with Crippen LogP contribution >= 0.6 is 11.8 Å². The Morgan fingerprint density at radius 2 is 1.32 bits per heavy atom. The van der Waals surface area contributed by atoms with Gasteiger partial charge < -0.3 is 0 Å². The van der Waals surface area contributed by atoms with Crippen LogP contribution < -0.4 is 0 Å². The fourth-order valence-corrected chi connectivity index (χ4v) is 4.08. The lowest BCUT2D eigenvalue weighted by atomic mass is 9.94. The minimum atomic E-state index is 0.0505. The minimum absolute atomic E-state index is 0.0505. The molecule has 4 aromatic carbocycles. The van der Waals surface area contributed by atoms with Gasteiger partial charge in [-0.2, -0.15) is 0 Å². The maximum Gasteiger partial charge on any atom is 0.193 e. The summed E-state index contributed by atoms with van der Waals surface area (Å²) in [4.78, 5) is 15.4. The fourth-order valence-electron chi connectivity index (χ4n) is 3.18. The SMILES string of the molecule is Cc1ccccc1Sc1ccc(-c2ccccc2C(=O)c2ccccc2)cc1. The summed E-state index contributed by atoms with van der Waals surface area (Å²) in [6.07, 6.45) is 0. The molecule has 0 saturated carbocycles. The summed E-state index contributed by atoms with van der Waals surface area (Å²) in [5.41, 5.74) is 4.72. The van der Waals surface area contributed by atoms with Crippen LogP contribution in [0, 0.1) is 6.92 Å². The van der Waals surface area contributed by atoms with E-state index >= 15 is 0 Å². The summed E-state index contributed by atoms with van der Waals surface area (Å²) in [5, 5.41) is 0. The predicted octanol–water partition coefficient (Wildman–Crippen LogP) is 7.04. The maximum atomic E-state index is 13.0. The van der Waals surface area contributed by atoms with E-state index in [2.05, 4.69) is 55.5 Å². The zero-order valence-electron chi connectivity index (χ0n) is 15.6. The van der Waals surface area contributed by atoms with Crippen molar-refractivity contribution in [2.45, 2.75) is 16.7 Å². The lowest BCUT2D eigenvalue weighted by Gasteiger charge is -2.10. The Balaban J connectivity index is 1.63. The van der Waals surface area contributed by atoms with Crippen LogP contribution in [-0.4, -0.2) is 5.78 Å². The Labute approximate surface area is 170 Å². The topological polar surface area (TPSA) is 17.1 Å². The second-order valence-electron chi connectivity index (χ2n) is 6.63. The first-order valence-electron chi connectivity index (χ1n) is 9.25. The quantitative estimate of drug-likeness (QED) is 0.345. The highest BCUT2D eigenvalue weighted by molar-refractivity contribution is 7.99. The van der Waals surface area contributed by atoms with Gasteiger partial charge in [-0.15, -0.1) is 0 Å². The van der Waals surface area contributed by atoms with Crippen LogP contribution in [-0.2, 0) is 0 Å². The molecule has 136 valence electrons. The molecule has 0 atom stereocenters. The first kappa shape index (κ1) is 18.3. The van der Waals surface area contributed by atoms with Gasteiger partial charge >= 0.3 is 0 Å². The molecule has 0 aromatic heterocycles. The molecule has 0 aliphatic heterocycles. The monoisotopic (exact) mass is 380 g/mol. The number of benzene rings is 4. The van der Waals surface area contributed by atoms with Gasteiger partial charge in [-0.05, 0) is 41.8 Å². The Kier molecular flexibility index (Phi) is 5.41. The molecule has 0 spiro atoms. The van der Waals surface area contributed by atoms with Crippen molar-refractivity contribution >= 4 is 17.5 Å². The van der Waals surface area contributed by atoms with E-state index in [1.165, 1.54) is 15.4 Å². The first-order chi connectivity index (χ1) is 13.7. The molecule has 28 heavy (non-hydrogen) atoms. The van der Waals surface area contributed by atoms with Crippen molar-refractivity contribution in [2.75, 3.05) is 0 Å². The molecule has 0 radical (unpaired) electrons. The third-order valence-electron chi connectivity index (χ3n) is 4.69. The van der Waals surface area contributed by atoms with Crippen molar-refractivity contribution in [3.05, 3.63) is 120 Å². The number of carbonyl (C=O) groups excluding carboxylic acids is 1. The summed E-state index contributed by atoms with van der Waals surface area (Å²) in [6, 6.07) is 34.1. The van der Waals surface area contributed by atoms with Crippen LogP contribution in [0.15, 0.2) is 113 Å². The Hall–Kier alpha value is -3.10. The number of carbonyl (C=O) groups is 1. The van der Waals surface area contributed by atoms with Crippen molar-refractivity contribution in [2.24, 2.45) is 0 Å². The number of hydrogen-bond acceptors (Lipinski definition) is 2. The number of aryl methyl sites for hydroxylation is 1. The summed E-state index contributed by atoms with van der Waals surface area (Å²) in [6.45, 7) is 2.13. The lowest BCUT2D eigenvalue weighted by molar-refractivity contribution is 0.103. The molecule has 1 nitrogen and oxygen atoms in total. The summed E-state index contributed by atoms with van der Waals surface area (Å²) in [5.74, 6) is 0.0505. The number of ketones is 1. The van der Waals surface area contributed by atoms with Gasteiger partial charge in [-0.25, -0.2) is 0 Å². The van der Waals surface area contributed by atoms with Gasteiger partial charge in [0.2, 0.25) is 0 Å². The maximum absolute atomic E-state index is 13.0. The largest absolute Gasteiger partial charge is 0.289 e. The molecule has 0 aliphatic rings. The highest BCUT2D eigenvalue weighted by Crippen LogP contribution is 2.32. The highest BCUT2D eigenvalue weighted by Gasteiger charge is 2.14. The molecule has 0 unspecified atom stereocenters. The molecule has 0 saturated heterocycles. The Bertz CT molecular complexity index is 1100. The van der Waals surface area contributed by atoms with Crippen LogP contribution in [0.2, 0.25) is 0 Å². The van der Waals surface area contributed by atoms with Crippen molar-refractivity contribution in [3.8, 4) is 11.1 Å². The van der Waals surface area contributed by atoms with E-state index in [-0.39, 0.29) is 5.78 Å². The second kappa shape index (κ2) is 8.28. The van der Waals surface area contributed by atoms with Gasteiger partial charge in [0, 0.05) is 20.9 Å². The van der Waals surface area contributed by atoms with E-state index in [9.17, 15) is 4.79 Å². The average Bonchev–Trinajstić information content (AvgIpc) is 2.76. The molecule has 0 aliphatic carbocycles. The molecular weight excluding hydrogens is 360 g/mol. The molecule has 4 rings (SSSR count). The summed E-state index contributed by atoms with van der Waals surface area (Å²) >= 11 is 1.76. The van der Waals surface area contributed by atoms with Gasteiger partial charge in [-0.1, -0.05) is 96.7 Å². The molecule has 2 heteroatoms. The first-order valence-corrected chi connectivity index (χ1v) is 10.1. The van der Waals surface area contributed by atoms with Crippen LogP contribution in [0.3, 0.4) is 0 Å². The Morgan fingerprint density at radius 3 is 2.07 bits per heavy atom. The average molecular weight is 381 g/mol. The number of rotatable bonds is 5. The summed E-state index contributed by atoms with van der Waals surface area (Å²) < 4.78 is 0. The third kappa shape index (κ3) is 3.92. The van der Waals surface area contributed by atoms with E-state index in [1.54, 1.807) is 11.8 Å².